The summed E-state index contributed by atoms with van der Waals surface area (Å²) in [5, 5.41) is 9.56. The Hall–Kier alpha value is -3.60. The van der Waals surface area contributed by atoms with Crippen LogP contribution < -0.4 is 15.9 Å². The molecule has 0 aromatic carbocycles. The number of nitrogens with zero attached hydrogens (tertiary/aromatic N) is 5. The van der Waals surface area contributed by atoms with Gasteiger partial charge in [-0.3, -0.25) is 28.7 Å². The van der Waals surface area contributed by atoms with Crippen molar-refractivity contribution in [2.24, 2.45) is 0 Å². The van der Waals surface area contributed by atoms with Crippen LogP contribution in [0.25, 0.3) is 11.5 Å². The van der Waals surface area contributed by atoms with E-state index in [9.17, 15) is 19.1 Å². The van der Waals surface area contributed by atoms with E-state index in [1.54, 1.807) is 13.8 Å². The van der Waals surface area contributed by atoms with Crippen molar-refractivity contribution in [2.45, 2.75) is 39.9 Å². The fourth-order valence-electron chi connectivity index (χ4n) is 3.53. The summed E-state index contributed by atoms with van der Waals surface area (Å²) in [5.74, 6) is -0.882. The van der Waals surface area contributed by atoms with Gasteiger partial charge in [0.25, 0.3) is 11.1 Å². The molecule has 0 saturated heterocycles. The van der Waals surface area contributed by atoms with Gasteiger partial charge < -0.3 is 9.84 Å². The van der Waals surface area contributed by atoms with Gasteiger partial charge in [0.15, 0.2) is 0 Å². The lowest BCUT2D eigenvalue weighted by Gasteiger charge is -2.18. The lowest BCUT2D eigenvalue weighted by molar-refractivity contribution is 0.0718. The maximum atomic E-state index is 13.4. The van der Waals surface area contributed by atoms with Crippen molar-refractivity contribution in [2.75, 3.05) is 0 Å². The van der Waals surface area contributed by atoms with Crippen LogP contribution in [0.1, 0.15) is 39.2 Å². The lowest BCUT2D eigenvalue weighted by atomic mass is 10.1. The number of hydrogen-bond acceptors (Lipinski definition) is 7. The Labute approximate surface area is 223 Å². The van der Waals surface area contributed by atoms with Crippen LogP contribution in [0.3, 0.4) is 0 Å². The molecule has 4 heterocycles. The fraction of sp³-hybridized carbons (Fsp3) is 0.240. The molecular weight excluding hydrogens is 524 g/mol. The molecule has 4 rings (SSSR count). The topological polar surface area (TPSA) is 112 Å². The van der Waals surface area contributed by atoms with Gasteiger partial charge in [0.1, 0.15) is 40.3 Å². The number of aromatic nitrogens is 5. The molecule has 0 aliphatic rings. The third-order valence-corrected chi connectivity index (χ3v) is 5.97. The molecule has 0 fully saturated rings. The zero-order chi connectivity index (χ0) is 28.9. The second-order valence-electron chi connectivity index (χ2n) is 8.63. The first kappa shape index (κ1) is 23.8. The maximum absolute atomic E-state index is 13.4. The van der Waals surface area contributed by atoms with E-state index in [0.717, 1.165) is 12.3 Å². The summed E-state index contributed by atoms with van der Waals surface area (Å²) >= 11 is 12.3. The zero-order valence-corrected chi connectivity index (χ0v) is 21.6. The highest BCUT2D eigenvalue weighted by Crippen LogP contribution is 2.27. The van der Waals surface area contributed by atoms with E-state index in [-0.39, 0.29) is 22.3 Å². The molecule has 1 N–H and O–H groups in total. The highest BCUT2D eigenvalue weighted by Gasteiger charge is 2.24. The smallest absolute Gasteiger partial charge is 0.280 e. The number of rotatable bonds is 6. The molecule has 0 saturated carbocycles. The summed E-state index contributed by atoms with van der Waals surface area (Å²) in [5.41, 5.74) is -2.08. The highest BCUT2D eigenvalue weighted by molar-refractivity contribution is 6.32. The number of hydrogen-bond donors (Lipinski definition) is 1. The SMILES string of the molecule is [2H]C([2H])(Oc1cc(C)n(-c2cc(-n3ccnc(C(C)(C)O)c3=O)ncc2C)c(=O)c1Cl)c1ncc(F)cc1Cl. The Morgan fingerprint density at radius 1 is 1.11 bits per heavy atom. The predicted octanol–water partition coefficient (Wildman–Crippen LogP) is 4.04. The van der Waals surface area contributed by atoms with E-state index in [4.69, 9.17) is 30.7 Å². The van der Waals surface area contributed by atoms with Gasteiger partial charge in [-0.1, -0.05) is 23.2 Å². The molecule has 0 amide bonds. The summed E-state index contributed by atoms with van der Waals surface area (Å²) in [4.78, 5) is 38.4. The van der Waals surface area contributed by atoms with Crippen molar-refractivity contribution in [3.63, 3.8) is 0 Å². The van der Waals surface area contributed by atoms with Crippen LogP contribution in [0, 0.1) is 19.7 Å². The summed E-state index contributed by atoms with van der Waals surface area (Å²) in [6.45, 7) is 3.50. The van der Waals surface area contributed by atoms with Crippen molar-refractivity contribution in [1.82, 2.24) is 24.1 Å². The molecule has 37 heavy (non-hydrogen) atoms. The average molecular weight is 548 g/mol. The molecule has 0 aliphatic carbocycles. The van der Waals surface area contributed by atoms with Gasteiger partial charge in [-0.05, 0) is 39.3 Å². The van der Waals surface area contributed by atoms with Crippen molar-refractivity contribution in [3.8, 4) is 17.3 Å². The molecule has 4 aromatic heterocycles. The first-order valence-electron chi connectivity index (χ1n) is 11.8. The summed E-state index contributed by atoms with van der Waals surface area (Å²) < 4.78 is 37.8. The largest absolute Gasteiger partial charge is 0.485 e. The minimum atomic E-state index is -2.65. The zero-order valence-electron chi connectivity index (χ0n) is 22.1. The van der Waals surface area contributed by atoms with E-state index in [1.165, 1.54) is 53.7 Å². The normalized spacial score (nSPS) is 12.8. The highest BCUT2D eigenvalue weighted by atomic mass is 35.5. The molecule has 0 atom stereocenters. The van der Waals surface area contributed by atoms with E-state index in [1.807, 2.05) is 0 Å². The van der Waals surface area contributed by atoms with Crippen molar-refractivity contribution in [1.29, 1.82) is 0 Å². The number of aliphatic hydroxyl groups is 1. The monoisotopic (exact) mass is 547 g/mol. The number of halogens is 3. The van der Waals surface area contributed by atoms with Crippen LogP contribution >= 0.6 is 23.2 Å². The number of ether oxygens (including phenoxy) is 1. The molecule has 12 heteroatoms. The van der Waals surface area contributed by atoms with E-state index in [2.05, 4.69) is 15.0 Å². The molecule has 4 aromatic rings. The van der Waals surface area contributed by atoms with Crippen LogP contribution in [-0.2, 0) is 12.2 Å². The number of pyridine rings is 3. The average Bonchev–Trinajstić information content (AvgIpc) is 2.82. The van der Waals surface area contributed by atoms with Gasteiger partial charge in [0, 0.05) is 36.4 Å². The quantitative estimate of drug-likeness (QED) is 0.387. The maximum Gasteiger partial charge on any atom is 0.280 e. The summed E-state index contributed by atoms with van der Waals surface area (Å²) in [6.07, 6.45) is 4.99. The third kappa shape index (κ3) is 5.27. The molecule has 0 radical (unpaired) electrons. The fourth-order valence-corrected chi connectivity index (χ4v) is 3.90. The minimum Gasteiger partial charge on any atom is -0.485 e. The molecule has 9 nitrogen and oxygen atoms in total. The Balaban J connectivity index is 1.81. The standard InChI is InChI=1S/C25H22Cl2FN5O4/c1-13-10-31-20(32-6-5-29-22(24(32)35)25(3,4)36)9-18(13)33-14(2)7-19(21(27)23(33)34)37-12-17-16(26)8-15(28)11-30-17/h5-11,36H,12H2,1-4H3/i12D2. The third-order valence-electron chi connectivity index (χ3n) is 5.33. The van der Waals surface area contributed by atoms with Crippen LogP contribution in [0.5, 0.6) is 5.75 Å². The first-order chi connectivity index (χ1) is 18.1. The van der Waals surface area contributed by atoms with Gasteiger partial charge in [-0.25, -0.2) is 9.37 Å². The molecular formula is C25H22Cl2FN5O4. The van der Waals surface area contributed by atoms with Gasteiger partial charge in [0.2, 0.25) is 0 Å². The Morgan fingerprint density at radius 2 is 1.84 bits per heavy atom. The van der Waals surface area contributed by atoms with Gasteiger partial charge in [-0.2, -0.15) is 0 Å². The second-order valence-corrected chi connectivity index (χ2v) is 9.42. The van der Waals surface area contributed by atoms with Crippen LogP contribution in [-0.4, -0.2) is 29.2 Å². The van der Waals surface area contributed by atoms with Gasteiger partial charge >= 0.3 is 0 Å². The number of aryl methyl sites for hydroxylation is 2. The van der Waals surface area contributed by atoms with Crippen LogP contribution in [0.4, 0.5) is 4.39 Å². The minimum absolute atomic E-state index is 0.0863. The van der Waals surface area contributed by atoms with Crippen molar-refractivity contribution < 1.29 is 17.0 Å². The molecule has 0 aliphatic heterocycles. The summed E-state index contributed by atoms with van der Waals surface area (Å²) in [7, 11) is 0. The molecule has 192 valence electrons. The Kier molecular flexibility index (Phi) is 6.45. The van der Waals surface area contributed by atoms with Crippen LogP contribution in [0.2, 0.25) is 10.0 Å². The van der Waals surface area contributed by atoms with Gasteiger partial charge in [-0.15, -0.1) is 0 Å². The van der Waals surface area contributed by atoms with Crippen LogP contribution in [0.15, 0.2) is 52.6 Å². The van der Waals surface area contributed by atoms with E-state index >= 15 is 0 Å². The first-order valence-corrected chi connectivity index (χ1v) is 11.6. The Bertz CT molecular complexity index is 1720. The Morgan fingerprint density at radius 3 is 2.51 bits per heavy atom. The van der Waals surface area contributed by atoms with Crippen molar-refractivity contribution in [3.05, 3.63) is 102 Å². The molecule has 0 spiro atoms. The molecule has 0 bridgehead atoms. The van der Waals surface area contributed by atoms with E-state index in [0.29, 0.717) is 16.9 Å². The summed E-state index contributed by atoms with van der Waals surface area (Å²) in [6, 6.07) is 3.74. The lowest BCUT2D eigenvalue weighted by Crippen LogP contribution is -2.33. The second kappa shape index (κ2) is 10.0. The van der Waals surface area contributed by atoms with Crippen molar-refractivity contribution >= 4 is 23.2 Å². The molecule has 0 unspecified atom stereocenters. The van der Waals surface area contributed by atoms with Gasteiger partial charge in [0.05, 0.1) is 25.3 Å². The van der Waals surface area contributed by atoms with E-state index < -0.39 is 39.8 Å². The predicted molar refractivity (Wildman–Crippen MR) is 136 cm³/mol.